The molecule has 3 aromatic rings. The third-order valence-electron chi connectivity index (χ3n) is 5.39. The predicted molar refractivity (Wildman–Crippen MR) is 118 cm³/mol. The Balaban J connectivity index is 1.33. The van der Waals surface area contributed by atoms with Crippen LogP contribution in [0.3, 0.4) is 0 Å². The Hall–Kier alpha value is -3.07. The Morgan fingerprint density at radius 1 is 1.23 bits per heavy atom. The van der Waals surface area contributed by atoms with Crippen molar-refractivity contribution in [2.24, 2.45) is 0 Å². The molecule has 0 aliphatic heterocycles. The van der Waals surface area contributed by atoms with Gasteiger partial charge in [-0.2, -0.15) is 0 Å². The summed E-state index contributed by atoms with van der Waals surface area (Å²) in [6.45, 7) is 1.59. The van der Waals surface area contributed by atoms with E-state index in [2.05, 4.69) is 15.6 Å². The number of rotatable bonds is 6. The topological polar surface area (TPSA) is 93.1 Å². The minimum Gasteiger partial charge on any atom is -0.354 e. The Bertz CT molecular complexity index is 1220. The van der Waals surface area contributed by atoms with E-state index in [1.54, 1.807) is 30.4 Å². The highest BCUT2D eigenvalue weighted by Crippen LogP contribution is 2.33. The molecule has 2 aromatic heterocycles. The molecule has 0 atom stereocenters. The Kier molecular flexibility index (Phi) is 6.13. The van der Waals surface area contributed by atoms with Crippen LogP contribution < -0.4 is 16.2 Å². The fourth-order valence-corrected chi connectivity index (χ4v) is 4.93. The van der Waals surface area contributed by atoms with Crippen molar-refractivity contribution in [1.82, 2.24) is 14.9 Å². The molecule has 162 valence electrons. The molecule has 0 radical (unpaired) electrons. The highest BCUT2D eigenvalue weighted by molar-refractivity contribution is 7.18. The summed E-state index contributed by atoms with van der Waals surface area (Å²) in [5, 5.41) is 5.87. The monoisotopic (exact) mass is 442 g/mol. The van der Waals surface area contributed by atoms with Crippen molar-refractivity contribution in [1.29, 1.82) is 0 Å². The number of aromatic nitrogens is 2. The van der Waals surface area contributed by atoms with Crippen LogP contribution in [0.25, 0.3) is 10.2 Å². The maximum absolute atomic E-state index is 13.6. The summed E-state index contributed by atoms with van der Waals surface area (Å²) >= 11 is 1.57. The zero-order valence-corrected chi connectivity index (χ0v) is 18.0. The number of fused-ring (bicyclic) bond motifs is 3. The zero-order valence-electron chi connectivity index (χ0n) is 17.2. The second-order valence-corrected chi connectivity index (χ2v) is 8.76. The maximum atomic E-state index is 13.6. The molecule has 0 saturated heterocycles. The summed E-state index contributed by atoms with van der Waals surface area (Å²) in [6, 6.07) is 4.46. The van der Waals surface area contributed by atoms with E-state index in [-0.39, 0.29) is 36.9 Å². The van der Waals surface area contributed by atoms with Crippen molar-refractivity contribution >= 4 is 39.1 Å². The highest BCUT2D eigenvalue weighted by atomic mass is 32.1. The number of carbonyl (C=O) groups is 2. The van der Waals surface area contributed by atoms with Gasteiger partial charge in [0.15, 0.2) is 0 Å². The Labute approximate surface area is 182 Å². The van der Waals surface area contributed by atoms with Crippen LogP contribution in [0.2, 0.25) is 0 Å². The van der Waals surface area contributed by atoms with Gasteiger partial charge < -0.3 is 10.6 Å². The van der Waals surface area contributed by atoms with Crippen LogP contribution in [0.4, 0.5) is 10.1 Å². The number of carbonyl (C=O) groups excluding carboxylic acids is 2. The van der Waals surface area contributed by atoms with Gasteiger partial charge in [-0.15, -0.1) is 11.3 Å². The van der Waals surface area contributed by atoms with Gasteiger partial charge in [-0.05, 0) is 55.9 Å². The summed E-state index contributed by atoms with van der Waals surface area (Å²) < 4.78 is 14.9. The summed E-state index contributed by atoms with van der Waals surface area (Å²) in [6.07, 6.45) is 5.49. The lowest BCUT2D eigenvalue weighted by Gasteiger charge is -2.11. The van der Waals surface area contributed by atoms with Crippen molar-refractivity contribution in [2.75, 3.05) is 11.9 Å². The second-order valence-electron chi connectivity index (χ2n) is 7.68. The molecule has 7 nitrogen and oxygen atoms in total. The third-order valence-corrected chi connectivity index (χ3v) is 6.59. The van der Waals surface area contributed by atoms with Crippen LogP contribution >= 0.6 is 11.3 Å². The molecule has 1 aliphatic rings. The van der Waals surface area contributed by atoms with Gasteiger partial charge >= 0.3 is 0 Å². The van der Waals surface area contributed by atoms with E-state index >= 15 is 0 Å². The standard InChI is InChI=1S/C22H23FN4O3S/c1-13-6-7-14(10-16(13)23)26-18(28)8-9-24-19(29)11-27-12-25-21-20(22(27)30)15-4-2-3-5-17(15)31-21/h6-7,10,12H,2-5,8-9,11H2,1H3,(H,24,29)(H,26,28). The quantitative estimate of drug-likeness (QED) is 0.614. The fraction of sp³-hybridized carbons (Fsp3) is 0.364. The van der Waals surface area contributed by atoms with Crippen molar-refractivity contribution in [3.63, 3.8) is 0 Å². The van der Waals surface area contributed by atoms with Gasteiger partial charge in [-0.25, -0.2) is 9.37 Å². The lowest BCUT2D eigenvalue weighted by Crippen LogP contribution is -2.34. The van der Waals surface area contributed by atoms with Crippen molar-refractivity contribution in [2.45, 2.75) is 45.6 Å². The average Bonchev–Trinajstić information content (AvgIpc) is 3.12. The molecule has 1 aliphatic carbocycles. The van der Waals surface area contributed by atoms with E-state index in [9.17, 15) is 18.8 Å². The van der Waals surface area contributed by atoms with Gasteiger partial charge in [0.05, 0.1) is 11.7 Å². The number of anilines is 1. The molecule has 0 bridgehead atoms. The van der Waals surface area contributed by atoms with Gasteiger partial charge in [-0.3, -0.25) is 19.0 Å². The van der Waals surface area contributed by atoms with Crippen LogP contribution in [0.15, 0.2) is 29.3 Å². The van der Waals surface area contributed by atoms with E-state index in [1.807, 2.05) is 0 Å². The van der Waals surface area contributed by atoms with E-state index in [0.717, 1.165) is 36.1 Å². The summed E-state index contributed by atoms with van der Waals surface area (Å²) in [5.41, 5.74) is 1.75. The smallest absolute Gasteiger partial charge is 0.262 e. The largest absolute Gasteiger partial charge is 0.354 e. The van der Waals surface area contributed by atoms with E-state index in [4.69, 9.17) is 0 Å². The number of benzene rings is 1. The number of aryl methyl sites for hydroxylation is 3. The van der Waals surface area contributed by atoms with Gasteiger partial charge in [0, 0.05) is 23.5 Å². The lowest BCUT2D eigenvalue weighted by atomic mass is 9.97. The molecule has 4 rings (SSSR count). The first kappa shape index (κ1) is 21.2. The van der Waals surface area contributed by atoms with Gasteiger partial charge in [0.1, 0.15) is 17.2 Å². The first-order valence-electron chi connectivity index (χ1n) is 10.2. The maximum Gasteiger partial charge on any atom is 0.262 e. The van der Waals surface area contributed by atoms with Crippen LogP contribution in [0.1, 0.15) is 35.3 Å². The van der Waals surface area contributed by atoms with E-state index in [1.165, 1.54) is 21.8 Å². The lowest BCUT2D eigenvalue weighted by molar-refractivity contribution is -0.121. The Morgan fingerprint density at radius 3 is 2.84 bits per heavy atom. The normalized spacial score (nSPS) is 13.1. The molecule has 0 spiro atoms. The van der Waals surface area contributed by atoms with Gasteiger partial charge in [0.2, 0.25) is 11.8 Å². The van der Waals surface area contributed by atoms with Gasteiger partial charge in [0.25, 0.3) is 5.56 Å². The molecule has 0 unspecified atom stereocenters. The summed E-state index contributed by atoms with van der Waals surface area (Å²) in [7, 11) is 0. The van der Waals surface area contributed by atoms with Crippen LogP contribution in [0, 0.1) is 12.7 Å². The average molecular weight is 443 g/mol. The summed E-state index contributed by atoms with van der Waals surface area (Å²) in [4.78, 5) is 43.5. The van der Waals surface area contributed by atoms with E-state index in [0.29, 0.717) is 16.6 Å². The number of amides is 2. The molecule has 0 fully saturated rings. The minimum atomic E-state index is -0.394. The number of halogens is 1. The summed E-state index contributed by atoms with van der Waals surface area (Å²) in [5.74, 6) is -1.11. The Morgan fingerprint density at radius 2 is 2.03 bits per heavy atom. The molecule has 9 heteroatoms. The minimum absolute atomic E-state index is 0.0332. The molecule has 31 heavy (non-hydrogen) atoms. The van der Waals surface area contributed by atoms with Crippen molar-refractivity contribution < 1.29 is 14.0 Å². The molecule has 2 heterocycles. The number of hydrogen-bond acceptors (Lipinski definition) is 5. The number of hydrogen-bond donors (Lipinski definition) is 2. The zero-order chi connectivity index (χ0) is 22.0. The predicted octanol–water partition coefficient (Wildman–Crippen LogP) is 2.93. The van der Waals surface area contributed by atoms with Crippen LogP contribution in [-0.4, -0.2) is 27.9 Å². The van der Waals surface area contributed by atoms with E-state index < -0.39 is 5.82 Å². The first-order valence-corrected chi connectivity index (χ1v) is 11.1. The first-order chi connectivity index (χ1) is 14.9. The highest BCUT2D eigenvalue weighted by Gasteiger charge is 2.20. The third kappa shape index (κ3) is 4.66. The molecule has 0 saturated carbocycles. The molecule has 2 amide bonds. The SMILES string of the molecule is Cc1ccc(NC(=O)CCNC(=O)Cn2cnc3sc4c(c3c2=O)CCCC4)cc1F. The fourth-order valence-electron chi connectivity index (χ4n) is 3.71. The number of nitrogens with zero attached hydrogens (tertiary/aromatic N) is 2. The molecular formula is C22H23FN4O3S. The second kappa shape index (κ2) is 8.97. The van der Waals surface area contributed by atoms with Gasteiger partial charge in [-0.1, -0.05) is 6.07 Å². The van der Waals surface area contributed by atoms with Crippen molar-refractivity contribution in [3.8, 4) is 0 Å². The number of thiophene rings is 1. The van der Waals surface area contributed by atoms with Crippen LogP contribution in [0.5, 0.6) is 0 Å². The molecule has 1 aromatic carbocycles. The number of nitrogens with one attached hydrogen (secondary N) is 2. The van der Waals surface area contributed by atoms with Crippen LogP contribution in [-0.2, 0) is 29.0 Å². The van der Waals surface area contributed by atoms with Crippen molar-refractivity contribution in [3.05, 3.63) is 56.7 Å². The molecular weight excluding hydrogens is 419 g/mol. The molecule has 2 N–H and O–H groups in total.